The van der Waals surface area contributed by atoms with Crippen molar-refractivity contribution in [3.8, 4) is 0 Å². The lowest BCUT2D eigenvalue weighted by Gasteiger charge is -1.92. The topological polar surface area (TPSA) is 37.3 Å². The smallest absolute Gasteiger partial charge is 0.335 e. The minimum absolute atomic E-state index is 0. The summed E-state index contributed by atoms with van der Waals surface area (Å²) >= 11 is 3.17. The first-order valence-electron chi connectivity index (χ1n) is 2.69. The van der Waals surface area contributed by atoms with Gasteiger partial charge in [-0.15, -0.1) is 0 Å². The highest BCUT2D eigenvalue weighted by Gasteiger charge is 1.99. The summed E-state index contributed by atoms with van der Waals surface area (Å²) < 4.78 is 0.785. The monoisotopic (exact) mass is 279 g/mol. The van der Waals surface area contributed by atoms with E-state index in [0.29, 0.717) is 5.56 Å². The summed E-state index contributed by atoms with van der Waals surface area (Å²) in [5, 5.41) is 8.49. The molecule has 0 bridgehead atoms. The Morgan fingerprint density at radius 3 is 2.45 bits per heavy atom. The molecule has 0 aromatic heterocycles. The summed E-state index contributed by atoms with van der Waals surface area (Å²) in [5.74, 6) is -0.902. The number of carboxylic acid groups (broad SMARTS) is 1. The summed E-state index contributed by atoms with van der Waals surface area (Å²) in [7, 11) is 0. The fraction of sp³-hybridized carbons (Fsp3) is 0. The van der Waals surface area contributed by atoms with E-state index >= 15 is 0 Å². The van der Waals surface area contributed by atoms with Gasteiger partial charge in [-0.1, -0.05) is 22.0 Å². The molecule has 0 heterocycles. The predicted octanol–water partition coefficient (Wildman–Crippen LogP) is -0.849. The lowest BCUT2D eigenvalue weighted by atomic mass is 10.2. The molecule has 1 rings (SSSR count). The van der Waals surface area contributed by atoms with Gasteiger partial charge >= 0.3 is 5.97 Å². The first kappa shape index (κ1) is 10.7. The van der Waals surface area contributed by atoms with E-state index in [4.69, 9.17) is 5.11 Å². The van der Waals surface area contributed by atoms with Crippen LogP contribution in [0.25, 0.3) is 0 Å². The van der Waals surface area contributed by atoms with Gasteiger partial charge < -0.3 is 22.1 Å². The molecule has 0 saturated heterocycles. The number of rotatable bonds is 1. The van der Waals surface area contributed by atoms with Crippen LogP contribution in [-0.4, -0.2) is 11.1 Å². The van der Waals surface area contributed by atoms with Gasteiger partial charge in [0.05, 0.1) is 5.56 Å². The van der Waals surface area contributed by atoms with Gasteiger partial charge in [-0.25, -0.2) is 4.79 Å². The van der Waals surface area contributed by atoms with E-state index in [1.807, 2.05) is 0 Å². The third-order valence-electron chi connectivity index (χ3n) is 1.07. The second-order valence-corrected chi connectivity index (χ2v) is 2.73. The minimum atomic E-state index is -0.902. The zero-order chi connectivity index (χ0) is 7.56. The number of carbonyl (C=O) groups is 1. The molecule has 0 aliphatic carbocycles. The Kier molecular flexibility index (Phi) is 4.37. The van der Waals surface area contributed by atoms with Gasteiger partial charge in [0.1, 0.15) is 0 Å². The van der Waals surface area contributed by atoms with Crippen molar-refractivity contribution in [3.63, 3.8) is 0 Å². The standard InChI is InChI=1S/C7H5BrO2.BrH/c8-6-3-1-2-5(4-6)7(9)10;/h1-4H,(H,9,10);1H/p-1. The fourth-order valence-corrected chi connectivity index (χ4v) is 1.02. The Morgan fingerprint density at radius 1 is 1.45 bits per heavy atom. The van der Waals surface area contributed by atoms with Crippen LogP contribution in [0.4, 0.5) is 0 Å². The third kappa shape index (κ3) is 3.03. The van der Waals surface area contributed by atoms with E-state index in [-0.39, 0.29) is 17.0 Å². The molecular formula is C7H5Br2O2-. The number of hydrogen-bond donors (Lipinski definition) is 1. The van der Waals surface area contributed by atoms with E-state index in [0.717, 1.165) is 4.47 Å². The van der Waals surface area contributed by atoms with Crippen LogP contribution in [-0.2, 0) is 0 Å². The lowest BCUT2D eigenvalue weighted by Crippen LogP contribution is -3.00. The van der Waals surface area contributed by atoms with E-state index in [9.17, 15) is 4.79 Å². The maximum absolute atomic E-state index is 10.3. The van der Waals surface area contributed by atoms with Crippen LogP contribution in [0.3, 0.4) is 0 Å². The molecule has 0 aliphatic heterocycles. The van der Waals surface area contributed by atoms with Gasteiger partial charge in [-0.2, -0.15) is 0 Å². The minimum Gasteiger partial charge on any atom is -1.00 e. The second kappa shape index (κ2) is 4.51. The molecular weight excluding hydrogens is 276 g/mol. The van der Waals surface area contributed by atoms with Gasteiger partial charge in [-0.3, -0.25) is 0 Å². The van der Waals surface area contributed by atoms with Gasteiger partial charge in [0.15, 0.2) is 0 Å². The second-order valence-electron chi connectivity index (χ2n) is 1.82. The molecule has 0 amide bonds. The number of aromatic carboxylic acids is 1. The highest BCUT2D eigenvalue weighted by Crippen LogP contribution is 2.10. The predicted molar refractivity (Wildman–Crippen MR) is 41.1 cm³/mol. The van der Waals surface area contributed by atoms with Crippen molar-refractivity contribution in [1.29, 1.82) is 0 Å². The highest BCUT2D eigenvalue weighted by molar-refractivity contribution is 9.10. The molecule has 0 aliphatic rings. The van der Waals surface area contributed by atoms with Crippen molar-refractivity contribution >= 4 is 21.9 Å². The van der Waals surface area contributed by atoms with E-state index < -0.39 is 5.97 Å². The molecule has 0 fully saturated rings. The highest BCUT2D eigenvalue weighted by atomic mass is 79.9. The van der Waals surface area contributed by atoms with Crippen LogP contribution < -0.4 is 17.0 Å². The Bertz CT molecular complexity index is 260. The van der Waals surface area contributed by atoms with Crippen LogP contribution in [0.1, 0.15) is 10.4 Å². The van der Waals surface area contributed by atoms with E-state index in [1.165, 1.54) is 0 Å². The molecule has 1 aromatic carbocycles. The largest absolute Gasteiger partial charge is 1.00 e. The Morgan fingerprint density at radius 2 is 2.09 bits per heavy atom. The lowest BCUT2D eigenvalue weighted by molar-refractivity contribution is -0.0000175. The Labute approximate surface area is 83.1 Å². The fourth-order valence-electron chi connectivity index (χ4n) is 0.622. The Hall–Kier alpha value is -0.350. The van der Waals surface area contributed by atoms with Crippen molar-refractivity contribution in [3.05, 3.63) is 34.3 Å². The molecule has 4 heteroatoms. The van der Waals surface area contributed by atoms with E-state index in [2.05, 4.69) is 15.9 Å². The quantitative estimate of drug-likeness (QED) is 0.728. The van der Waals surface area contributed by atoms with Crippen molar-refractivity contribution in [2.24, 2.45) is 0 Å². The van der Waals surface area contributed by atoms with Gasteiger partial charge in [0.2, 0.25) is 0 Å². The van der Waals surface area contributed by atoms with Crippen LogP contribution >= 0.6 is 15.9 Å². The normalized spacial score (nSPS) is 8.45. The third-order valence-corrected chi connectivity index (χ3v) is 1.56. The van der Waals surface area contributed by atoms with Crippen molar-refractivity contribution in [2.45, 2.75) is 0 Å². The molecule has 1 aromatic rings. The molecule has 0 spiro atoms. The molecule has 0 atom stereocenters. The van der Waals surface area contributed by atoms with Crippen LogP contribution in [0.2, 0.25) is 0 Å². The van der Waals surface area contributed by atoms with Gasteiger partial charge in [0.25, 0.3) is 0 Å². The van der Waals surface area contributed by atoms with Crippen LogP contribution in [0, 0.1) is 0 Å². The zero-order valence-electron chi connectivity index (χ0n) is 5.42. The molecule has 60 valence electrons. The maximum Gasteiger partial charge on any atom is 0.335 e. The number of hydrogen-bond acceptors (Lipinski definition) is 1. The summed E-state index contributed by atoms with van der Waals surface area (Å²) in [6, 6.07) is 6.58. The molecule has 1 N–H and O–H groups in total. The van der Waals surface area contributed by atoms with Gasteiger partial charge in [0, 0.05) is 4.47 Å². The van der Waals surface area contributed by atoms with Crippen LogP contribution in [0.15, 0.2) is 28.7 Å². The average molecular weight is 281 g/mol. The van der Waals surface area contributed by atoms with Crippen molar-refractivity contribution < 1.29 is 26.9 Å². The van der Waals surface area contributed by atoms with Crippen molar-refractivity contribution in [2.75, 3.05) is 0 Å². The zero-order valence-corrected chi connectivity index (χ0v) is 8.59. The maximum atomic E-state index is 10.3. The average Bonchev–Trinajstić information content (AvgIpc) is 1.88. The van der Waals surface area contributed by atoms with Crippen molar-refractivity contribution in [1.82, 2.24) is 0 Å². The number of benzene rings is 1. The summed E-state index contributed by atoms with van der Waals surface area (Å²) in [4.78, 5) is 10.3. The molecule has 0 radical (unpaired) electrons. The van der Waals surface area contributed by atoms with Gasteiger partial charge in [-0.05, 0) is 18.2 Å². The molecule has 2 nitrogen and oxygen atoms in total. The SMILES string of the molecule is O=C(O)c1cccc(Br)c1.[Br-]. The summed E-state index contributed by atoms with van der Waals surface area (Å²) in [5.41, 5.74) is 0.300. The molecule has 0 saturated carbocycles. The first-order valence-corrected chi connectivity index (χ1v) is 3.48. The number of halogens is 2. The first-order chi connectivity index (χ1) is 4.70. The molecule has 0 unspecified atom stereocenters. The van der Waals surface area contributed by atoms with Crippen LogP contribution in [0.5, 0.6) is 0 Å². The number of carboxylic acids is 1. The summed E-state index contributed by atoms with van der Waals surface area (Å²) in [6.07, 6.45) is 0. The molecule has 11 heavy (non-hydrogen) atoms. The van der Waals surface area contributed by atoms with E-state index in [1.54, 1.807) is 24.3 Å². The Balaban J connectivity index is 0.000001000. The summed E-state index contributed by atoms with van der Waals surface area (Å²) in [6.45, 7) is 0.